The molecule has 8 heteroatoms. The number of carbonyl (C=O) groups excluding carboxylic acids is 2. The Morgan fingerprint density at radius 2 is 2.04 bits per heavy atom. The molecule has 0 atom stereocenters. The fraction of sp³-hybridized carbons (Fsp3) is 0.353. The number of amides is 2. The van der Waals surface area contributed by atoms with E-state index in [-0.39, 0.29) is 18.7 Å². The first-order chi connectivity index (χ1) is 11.7. The summed E-state index contributed by atoms with van der Waals surface area (Å²) in [5, 5.41) is 12.1. The second kappa shape index (κ2) is 9.06. The molecule has 0 bridgehead atoms. The lowest BCUT2D eigenvalue weighted by Crippen LogP contribution is -2.37. The van der Waals surface area contributed by atoms with Gasteiger partial charge in [0.05, 0.1) is 10.7 Å². The number of nitrogens with zero attached hydrogens (tertiary/aromatic N) is 2. The van der Waals surface area contributed by atoms with Crippen LogP contribution in [-0.2, 0) is 9.53 Å². The Balaban J connectivity index is 3.00. The minimum Gasteiger partial charge on any atom is -0.443 e. The van der Waals surface area contributed by atoms with Crippen LogP contribution in [0, 0.1) is 11.3 Å². The molecule has 0 saturated heterocycles. The first-order valence-corrected chi connectivity index (χ1v) is 7.93. The van der Waals surface area contributed by atoms with E-state index in [1.807, 2.05) is 0 Å². The van der Waals surface area contributed by atoms with E-state index < -0.39 is 17.6 Å². The van der Waals surface area contributed by atoms with E-state index in [0.29, 0.717) is 10.7 Å². The van der Waals surface area contributed by atoms with Gasteiger partial charge >= 0.3 is 6.09 Å². The molecule has 1 aromatic carbocycles. The Morgan fingerprint density at radius 3 is 2.56 bits per heavy atom. The summed E-state index contributed by atoms with van der Waals surface area (Å²) in [6, 6.07) is 8.37. The largest absolute Gasteiger partial charge is 0.443 e. The number of para-hydroxylation sites is 1. The molecule has 0 radical (unpaired) electrons. The number of halogens is 1. The van der Waals surface area contributed by atoms with Crippen molar-refractivity contribution in [3.8, 4) is 6.07 Å². The number of hydrogen-bond donors (Lipinski definition) is 2. The van der Waals surface area contributed by atoms with Crippen LogP contribution in [0.4, 0.5) is 10.5 Å². The molecule has 1 rings (SSSR count). The third kappa shape index (κ3) is 6.83. The van der Waals surface area contributed by atoms with Gasteiger partial charge in [-0.3, -0.25) is 9.69 Å². The molecule has 0 spiro atoms. The van der Waals surface area contributed by atoms with Crippen molar-refractivity contribution < 1.29 is 14.3 Å². The van der Waals surface area contributed by atoms with Gasteiger partial charge in [-0.15, -0.1) is 0 Å². The van der Waals surface area contributed by atoms with E-state index in [4.69, 9.17) is 22.1 Å². The lowest BCUT2D eigenvalue weighted by Gasteiger charge is -2.25. The molecule has 0 saturated carbocycles. The highest BCUT2D eigenvalue weighted by Gasteiger charge is 2.22. The molecule has 1 aromatic rings. The maximum Gasteiger partial charge on any atom is 0.414 e. The normalized spacial score (nSPS) is 11.4. The van der Waals surface area contributed by atoms with Crippen molar-refractivity contribution in [3.05, 3.63) is 41.1 Å². The van der Waals surface area contributed by atoms with E-state index in [1.54, 1.807) is 51.1 Å². The maximum atomic E-state index is 12.3. The quantitative estimate of drug-likeness (QED) is 0.616. The minimum atomic E-state index is -0.718. The van der Waals surface area contributed by atoms with Gasteiger partial charge in [0, 0.05) is 19.3 Å². The van der Waals surface area contributed by atoms with Crippen molar-refractivity contribution in [2.24, 2.45) is 5.73 Å². The monoisotopic (exact) mass is 364 g/mol. The standard InChI is InChI=1S/C17H21ClN4O3/c1-17(2,3)25-16(24)22(9-8-19)11-12(10-20)15(23)21-14-7-5-4-6-13(14)18/h4-7,11H,8-9,19H2,1-3H3,(H,21,23)/b12-11-. The maximum absolute atomic E-state index is 12.3. The third-order valence-electron chi connectivity index (χ3n) is 2.77. The van der Waals surface area contributed by atoms with Crippen LogP contribution >= 0.6 is 11.6 Å². The number of carbonyl (C=O) groups is 2. The highest BCUT2D eigenvalue weighted by Crippen LogP contribution is 2.21. The molecule has 0 aromatic heterocycles. The summed E-state index contributed by atoms with van der Waals surface area (Å²) in [6.07, 6.45) is 0.420. The van der Waals surface area contributed by atoms with Gasteiger partial charge in [0.25, 0.3) is 5.91 Å². The molecule has 134 valence electrons. The highest BCUT2D eigenvalue weighted by molar-refractivity contribution is 6.33. The number of hydrogen-bond acceptors (Lipinski definition) is 5. The summed E-state index contributed by atoms with van der Waals surface area (Å²) < 4.78 is 5.24. The first kappa shape index (κ1) is 20.5. The summed E-state index contributed by atoms with van der Waals surface area (Å²) in [5.74, 6) is -0.693. The molecular weight excluding hydrogens is 344 g/mol. The van der Waals surface area contributed by atoms with E-state index in [1.165, 1.54) is 0 Å². The topological polar surface area (TPSA) is 108 Å². The van der Waals surface area contributed by atoms with Gasteiger partial charge in [-0.05, 0) is 32.9 Å². The van der Waals surface area contributed by atoms with Gasteiger partial charge < -0.3 is 15.8 Å². The smallest absolute Gasteiger partial charge is 0.414 e. The van der Waals surface area contributed by atoms with Crippen molar-refractivity contribution >= 4 is 29.3 Å². The Labute approximate surface area is 152 Å². The number of benzene rings is 1. The number of nitriles is 1. The molecule has 25 heavy (non-hydrogen) atoms. The summed E-state index contributed by atoms with van der Waals surface area (Å²) in [6.45, 7) is 5.37. The zero-order valence-corrected chi connectivity index (χ0v) is 15.1. The molecule has 2 amide bonds. The van der Waals surface area contributed by atoms with Crippen LogP contribution in [0.15, 0.2) is 36.0 Å². The average molecular weight is 365 g/mol. The molecule has 0 fully saturated rings. The second-order valence-corrected chi connectivity index (χ2v) is 6.46. The second-order valence-electron chi connectivity index (χ2n) is 6.05. The summed E-state index contributed by atoms with van der Waals surface area (Å²) in [7, 11) is 0. The van der Waals surface area contributed by atoms with Crippen molar-refractivity contribution in [2.45, 2.75) is 26.4 Å². The molecule has 0 aliphatic carbocycles. The SMILES string of the molecule is CC(C)(C)OC(=O)N(/C=C(/C#N)C(=O)Nc1ccccc1Cl)CCN. The van der Waals surface area contributed by atoms with Crippen LogP contribution < -0.4 is 11.1 Å². The summed E-state index contributed by atoms with van der Waals surface area (Å²) in [5.41, 5.74) is 4.85. The van der Waals surface area contributed by atoms with E-state index >= 15 is 0 Å². The number of nitrogens with one attached hydrogen (secondary N) is 1. The van der Waals surface area contributed by atoms with Gasteiger partial charge in [-0.2, -0.15) is 5.26 Å². The van der Waals surface area contributed by atoms with Gasteiger partial charge in [0.15, 0.2) is 0 Å². The Morgan fingerprint density at radius 1 is 1.40 bits per heavy atom. The Bertz CT molecular complexity index is 705. The minimum absolute atomic E-state index is 0.0967. The van der Waals surface area contributed by atoms with Gasteiger partial charge in [-0.1, -0.05) is 23.7 Å². The summed E-state index contributed by atoms with van der Waals surface area (Å²) >= 11 is 5.98. The summed E-state index contributed by atoms with van der Waals surface area (Å²) in [4.78, 5) is 25.5. The van der Waals surface area contributed by atoms with Crippen LogP contribution in [0.2, 0.25) is 5.02 Å². The van der Waals surface area contributed by atoms with Crippen LogP contribution in [0.25, 0.3) is 0 Å². The molecule has 0 aliphatic rings. The van der Waals surface area contributed by atoms with E-state index in [2.05, 4.69) is 5.32 Å². The van der Waals surface area contributed by atoms with E-state index in [0.717, 1.165) is 11.1 Å². The fourth-order valence-corrected chi connectivity index (χ4v) is 1.90. The predicted molar refractivity (Wildman–Crippen MR) is 95.8 cm³/mol. The first-order valence-electron chi connectivity index (χ1n) is 7.55. The van der Waals surface area contributed by atoms with Crippen molar-refractivity contribution in [1.82, 2.24) is 4.90 Å². The van der Waals surface area contributed by atoms with Gasteiger partial charge in [0.1, 0.15) is 17.2 Å². The lowest BCUT2D eigenvalue weighted by molar-refractivity contribution is -0.112. The number of nitrogens with two attached hydrogens (primary N) is 1. The van der Waals surface area contributed by atoms with Crippen LogP contribution in [0.1, 0.15) is 20.8 Å². The number of anilines is 1. The van der Waals surface area contributed by atoms with Crippen LogP contribution in [0.3, 0.4) is 0 Å². The molecular formula is C17H21ClN4O3. The zero-order valence-electron chi connectivity index (χ0n) is 14.4. The van der Waals surface area contributed by atoms with Gasteiger partial charge in [0.2, 0.25) is 0 Å². The van der Waals surface area contributed by atoms with Crippen LogP contribution in [-0.4, -0.2) is 35.6 Å². The lowest BCUT2D eigenvalue weighted by atomic mass is 10.2. The van der Waals surface area contributed by atoms with Crippen molar-refractivity contribution in [2.75, 3.05) is 18.4 Å². The van der Waals surface area contributed by atoms with E-state index in [9.17, 15) is 14.9 Å². The molecule has 7 nitrogen and oxygen atoms in total. The zero-order chi connectivity index (χ0) is 19.0. The van der Waals surface area contributed by atoms with Crippen molar-refractivity contribution in [1.29, 1.82) is 5.26 Å². The van der Waals surface area contributed by atoms with Crippen molar-refractivity contribution in [3.63, 3.8) is 0 Å². The average Bonchev–Trinajstić information content (AvgIpc) is 2.51. The number of rotatable bonds is 5. The van der Waals surface area contributed by atoms with Gasteiger partial charge in [-0.25, -0.2) is 4.79 Å². The Hall–Kier alpha value is -2.56. The number of ether oxygens (including phenoxy) is 1. The highest BCUT2D eigenvalue weighted by atomic mass is 35.5. The third-order valence-corrected chi connectivity index (χ3v) is 3.10. The molecule has 0 heterocycles. The van der Waals surface area contributed by atoms with Crippen LogP contribution in [0.5, 0.6) is 0 Å². The molecule has 0 aliphatic heterocycles. The molecule has 0 unspecified atom stereocenters. The molecule has 3 N–H and O–H groups in total. The Kier molecular flexibility index (Phi) is 7.43. The fourth-order valence-electron chi connectivity index (χ4n) is 1.71. The predicted octanol–water partition coefficient (Wildman–Crippen LogP) is 2.88.